The summed E-state index contributed by atoms with van der Waals surface area (Å²) in [5.74, 6) is -0.270. The van der Waals surface area contributed by atoms with Gasteiger partial charge in [-0.05, 0) is 49.1 Å². The van der Waals surface area contributed by atoms with E-state index in [-0.39, 0.29) is 24.7 Å². The zero-order valence-corrected chi connectivity index (χ0v) is 33.6. The van der Waals surface area contributed by atoms with Crippen molar-refractivity contribution in [1.82, 2.24) is 14.6 Å². The number of aliphatic hydroxyl groups is 2. The number of ether oxygens (including phenoxy) is 3. The van der Waals surface area contributed by atoms with Crippen LogP contribution < -0.4 is 5.73 Å². The Balaban J connectivity index is 1.17. The van der Waals surface area contributed by atoms with Crippen molar-refractivity contribution in [2.24, 2.45) is 0 Å². The fraction of sp³-hybridized carbons (Fsp3) is 0.675. The SMILES string of the molecule is CCCCCCCCCOCCCCCCCCCC[C@H](COP(=O)(O)OC[C@H]1O[C@@](C#N)(c2ccc3c(N)ncnn23)C(O)[C@H]1O)OCc1cccc(F)c1. The molecule has 3 heterocycles. The zero-order valence-electron chi connectivity index (χ0n) is 32.7. The lowest BCUT2D eigenvalue weighted by Gasteiger charge is -2.24. The molecule has 0 saturated carbocycles. The Morgan fingerprint density at radius 2 is 1.64 bits per heavy atom. The topological polar surface area (TPSA) is 204 Å². The standard InChI is InChI=1S/C40H61FN5O9P/c1-2-3-4-5-9-12-15-23-51-24-16-13-10-7-6-8-11-14-20-33(52-26-31-18-17-19-32(41)25-31)27-53-56(49,50)54-28-35-37(47)38(48)40(29-42,55-35)36-22-21-34-39(43)44-30-45-46(34)36/h17-19,21-22,25,30,33,35,37-38,47-48H,2-16,20,23-24,26-28H2,1H3,(H,49,50)(H2,43,44,45)/t33-,35-,37+,38?,40+/m1/s1. The van der Waals surface area contributed by atoms with Gasteiger partial charge in [0.2, 0.25) is 5.60 Å². The summed E-state index contributed by atoms with van der Waals surface area (Å²) in [4.78, 5) is 14.5. The third kappa shape index (κ3) is 14.1. The molecule has 4 rings (SSSR count). The second-order valence-corrected chi connectivity index (χ2v) is 16.0. The Morgan fingerprint density at radius 1 is 0.982 bits per heavy atom. The minimum Gasteiger partial charge on any atom is -0.387 e. The molecule has 14 nitrogen and oxygen atoms in total. The van der Waals surface area contributed by atoms with Gasteiger partial charge in [-0.1, -0.05) is 103 Å². The van der Waals surface area contributed by atoms with Gasteiger partial charge >= 0.3 is 7.82 Å². The van der Waals surface area contributed by atoms with E-state index in [4.69, 9.17) is 29.0 Å². The van der Waals surface area contributed by atoms with E-state index in [0.29, 0.717) is 17.5 Å². The summed E-state index contributed by atoms with van der Waals surface area (Å²) < 4.78 is 56.2. The summed E-state index contributed by atoms with van der Waals surface area (Å²) >= 11 is 0. The number of phosphoric ester groups is 1. The number of benzene rings is 1. The Labute approximate surface area is 330 Å². The smallest absolute Gasteiger partial charge is 0.387 e. The Hall–Kier alpha value is -3.03. The Bertz CT molecular complexity index is 1680. The maximum Gasteiger partial charge on any atom is 0.472 e. The molecule has 1 aliphatic heterocycles. The van der Waals surface area contributed by atoms with Crippen LogP contribution >= 0.6 is 7.82 Å². The predicted molar refractivity (Wildman–Crippen MR) is 209 cm³/mol. The molecule has 0 radical (unpaired) electrons. The second kappa shape index (κ2) is 24.0. The number of aliphatic hydroxyl groups excluding tert-OH is 2. The molecule has 1 fully saturated rings. The fourth-order valence-electron chi connectivity index (χ4n) is 6.89. The number of phosphoric acid groups is 1. The van der Waals surface area contributed by atoms with Crippen molar-refractivity contribution in [3.05, 3.63) is 59.8 Å². The lowest BCUT2D eigenvalue weighted by molar-refractivity contribution is -0.0658. The van der Waals surface area contributed by atoms with Crippen molar-refractivity contribution >= 4 is 19.2 Å². The highest BCUT2D eigenvalue weighted by Crippen LogP contribution is 2.46. The first-order valence-electron chi connectivity index (χ1n) is 20.2. The van der Waals surface area contributed by atoms with Crippen LogP contribution in [0.5, 0.6) is 0 Å². The minimum absolute atomic E-state index is 0.0758. The summed E-state index contributed by atoms with van der Waals surface area (Å²) in [6, 6.07) is 10.9. The first-order valence-corrected chi connectivity index (χ1v) is 21.7. The van der Waals surface area contributed by atoms with Crippen molar-refractivity contribution in [3.63, 3.8) is 0 Å². The van der Waals surface area contributed by atoms with Gasteiger partial charge in [-0.15, -0.1) is 0 Å². The number of hydrogen-bond donors (Lipinski definition) is 4. The average Bonchev–Trinajstić information content (AvgIpc) is 3.73. The molecule has 0 aliphatic carbocycles. The molecular weight excluding hydrogens is 744 g/mol. The number of nitrogen functional groups attached to an aromatic ring is 1. The third-order valence-corrected chi connectivity index (χ3v) is 11.1. The molecule has 0 spiro atoms. The van der Waals surface area contributed by atoms with E-state index in [1.54, 1.807) is 12.1 Å². The predicted octanol–water partition coefficient (Wildman–Crippen LogP) is 7.29. The van der Waals surface area contributed by atoms with E-state index in [1.807, 2.05) is 6.07 Å². The van der Waals surface area contributed by atoms with Crippen LogP contribution in [-0.2, 0) is 40.0 Å². The van der Waals surface area contributed by atoms with Gasteiger partial charge in [0.15, 0.2) is 5.82 Å². The van der Waals surface area contributed by atoms with Crippen LogP contribution in [0.4, 0.5) is 10.2 Å². The number of nitriles is 1. The van der Waals surface area contributed by atoms with Crippen molar-refractivity contribution in [2.45, 2.75) is 146 Å². The van der Waals surface area contributed by atoms with Crippen molar-refractivity contribution in [2.75, 3.05) is 32.2 Å². The van der Waals surface area contributed by atoms with Gasteiger partial charge in [-0.2, -0.15) is 10.4 Å². The van der Waals surface area contributed by atoms with Gasteiger partial charge in [0.25, 0.3) is 0 Å². The molecule has 2 unspecified atom stereocenters. The number of hydrogen-bond acceptors (Lipinski definition) is 12. The summed E-state index contributed by atoms with van der Waals surface area (Å²) in [5.41, 5.74) is 4.85. The van der Waals surface area contributed by atoms with Crippen molar-refractivity contribution < 1.29 is 47.3 Å². The molecule has 0 amide bonds. The number of unbranched alkanes of at least 4 members (excludes halogenated alkanes) is 13. The summed E-state index contributed by atoms with van der Waals surface area (Å²) in [5, 5.41) is 36.0. The third-order valence-electron chi connectivity index (χ3n) is 10.1. The first kappa shape index (κ1) is 45.7. The van der Waals surface area contributed by atoms with E-state index in [0.717, 1.165) is 64.6 Å². The van der Waals surface area contributed by atoms with Crippen LogP contribution in [0.15, 0.2) is 42.7 Å². The van der Waals surface area contributed by atoms with Crippen LogP contribution in [0.2, 0.25) is 0 Å². The van der Waals surface area contributed by atoms with Gasteiger partial charge in [-0.3, -0.25) is 9.05 Å². The molecule has 1 aliphatic rings. The molecule has 3 aromatic rings. The van der Waals surface area contributed by atoms with Crippen molar-refractivity contribution in [3.8, 4) is 6.07 Å². The van der Waals surface area contributed by atoms with Crippen LogP contribution in [0.1, 0.15) is 121 Å². The summed E-state index contributed by atoms with van der Waals surface area (Å²) in [6.45, 7) is 3.04. The minimum atomic E-state index is -4.73. The largest absolute Gasteiger partial charge is 0.472 e. The summed E-state index contributed by atoms with van der Waals surface area (Å²) in [6.07, 6.45) is 13.8. The summed E-state index contributed by atoms with van der Waals surface area (Å²) in [7, 11) is -4.73. The number of fused-ring (bicyclic) bond motifs is 1. The van der Waals surface area contributed by atoms with E-state index in [1.165, 1.54) is 80.1 Å². The maximum absolute atomic E-state index is 13.8. The monoisotopic (exact) mass is 805 g/mol. The van der Waals surface area contributed by atoms with Crippen LogP contribution in [0.25, 0.3) is 5.52 Å². The molecule has 16 heteroatoms. The Kier molecular flexibility index (Phi) is 19.6. The van der Waals surface area contributed by atoms with Crippen molar-refractivity contribution in [1.29, 1.82) is 5.26 Å². The normalized spacial score (nSPS) is 21.3. The number of nitrogens with zero attached hydrogens (tertiary/aromatic N) is 4. The maximum atomic E-state index is 13.8. The quantitative estimate of drug-likeness (QED) is 0.0403. The average molecular weight is 806 g/mol. The highest BCUT2D eigenvalue weighted by atomic mass is 31.2. The lowest BCUT2D eigenvalue weighted by Crippen LogP contribution is -2.41. The van der Waals surface area contributed by atoms with Crippen LogP contribution in [0, 0.1) is 17.1 Å². The molecule has 5 N–H and O–H groups in total. The number of rotatable bonds is 29. The van der Waals surface area contributed by atoms with E-state index in [9.17, 15) is 29.3 Å². The number of aromatic nitrogens is 3. The number of halogens is 1. The fourth-order valence-corrected chi connectivity index (χ4v) is 7.65. The van der Waals surface area contributed by atoms with Gasteiger partial charge in [0.05, 0.1) is 31.6 Å². The molecular formula is C40H61FN5O9P. The molecule has 312 valence electrons. The number of nitrogens with two attached hydrogens (primary N) is 1. The number of anilines is 1. The first-order chi connectivity index (χ1) is 27.1. The molecule has 1 aromatic carbocycles. The Morgan fingerprint density at radius 3 is 2.30 bits per heavy atom. The second-order valence-electron chi connectivity index (χ2n) is 14.6. The molecule has 1 saturated heterocycles. The molecule has 56 heavy (non-hydrogen) atoms. The van der Waals surface area contributed by atoms with Gasteiger partial charge in [-0.25, -0.2) is 18.5 Å². The lowest BCUT2D eigenvalue weighted by atomic mass is 9.92. The highest BCUT2D eigenvalue weighted by Gasteiger charge is 2.58. The molecule has 2 aromatic heterocycles. The van der Waals surface area contributed by atoms with E-state index in [2.05, 4.69) is 17.0 Å². The molecule has 6 atom stereocenters. The van der Waals surface area contributed by atoms with Gasteiger partial charge in [0, 0.05) is 13.2 Å². The van der Waals surface area contributed by atoms with Gasteiger partial charge < -0.3 is 35.1 Å². The van der Waals surface area contributed by atoms with Gasteiger partial charge in [0.1, 0.15) is 42.0 Å². The highest BCUT2D eigenvalue weighted by molar-refractivity contribution is 7.47. The van der Waals surface area contributed by atoms with Crippen LogP contribution in [0.3, 0.4) is 0 Å². The zero-order chi connectivity index (χ0) is 40.2. The van der Waals surface area contributed by atoms with E-state index >= 15 is 0 Å². The van der Waals surface area contributed by atoms with E-state index < -0.39 is 50.3 Å². The molecule has 0 bridgehead atoms. The van der Waals surface area contributed by atoms with Crippen LogP contribution in [-0.4, -0.2) is 80.5 Å².